The number of allylic oxidation sites excluding steroid dienone is 6. The van der Waals surface area contributed by atoms with Crippen molar-refractivity contribution in [2.45, 2.75) is 96.7 Å². The minimum absolute atomic E-state index is 0.0246. The van der Waals surface area contributed by atoms with Crippen LogP contribution in [0.25, 0.3) is 0 Å². The van der Waals surface area contributed by atoms with Crippen LogP contribution in [0.1, 0.15) is 91.4 Å². The molecule has 0 aromatic carbocycles. The van der Waals surface area contributed by atoms with Gasteiger partial charge in [-0.25, -0.2) is 0 Å². The van der Waals surface area contributed by atoms with E-state index in [-0.39, 0.29) is 11.2 Å². The molecular formula is C24H42O2S. The third kappa shape index (κ3) is 18.2. The van der Waals surface area contributed by atoms with Gasteiger partial charge in [0.15, 0.2) is 0 Å². The first-order valence-electron chi connectivity index (χ1n) is 11.0. The second kappa shape index (κ2) is 21.3. The lowest BCUT2D eigenvalue weighted by Gasteiger charge is -2.14. The number of esters is 1. The molecule has 0 heterocycles. The highest BCUT2D eigenvalue weighted by molar-refractivity contribution is 8.00. The fourth-order valence-corrected chi connectivity index (χ4v) is 3.77. The number of thioether (sulfide) groups is 1. The lowest BCUT2D eigenvalue weighted by molar-refractivity contribution is -0.142. The molecule has 0 saturated heterocycles. The predicted octanol–water partition coefficient (Wildman–Crippen LogP) is 7.65. The maximum atomic E-state index is 11.9. The molecule has 0 N–H and O–H groups in total. The number of hydrogen-bond donors (Lipinski definition) is 0. The molecule has 2 nitrogen and oxygen atoms in total. The Kier molecular flexibility index (Phi) is 20.6. The molecule has 0 spiro atoms. The summed E-state index contributed by atoms with van der Waals surface area (Å²) in [4.78, 5) is 11.9. The lowest BCUT2D eigenvalue weighted by Crippen LogP contribution is -2.20. The van der Waals surface area contributed by atoms with Crippen molar-refractivity contribution in [1.29, 1.82) is 0 Å². The van der Waals surface area contributed by atoms with Gasteiger partial charge in [-0.15, -0.1) is 11.8 Å². The first-order valence-corrected chi connectivity index (χ1v) is 12.0. The molecule has 0 bridgehead atoms. The first-order chi connectivity index (χ1) is 13.3. The summed E-state index contributed by atoms with van der Waals surface area (Å²) in [6.45, 7) is 6.63. The van der Waals surface area contributed by atoms with E-state index in [4.69, 9.17) is 4.74 Å². The average molecular weight is 395 g/mol. The standard InChI is InChI=1S/C24H42O2S/c1-4-7-8-9-10-11-12-13-14-15-16-17-18-19-20-21-22-23(27-6-3)24(25)26-5-2/h7-8,10-11,13-14,23H,4-6,9,12,15-22H2,1-3H3. The zero-order valence-corrected chi connectivity index (χ0v) is 18.8. The second-order valence-corrected chi connectivity index (χ2v) is 8.17. The van der Waals surface area contributed by atoms with Crippen molar-refractivity contribution in [3.63, 3.8) is 0 Å². The zero-order valence-electron chi connectivity index (χ0n) is 18.0. The van der Waals surface area contributed by atoms with Crippen molar-refractivity contribution < 1.29 is 9.53 Å². The van der Waals surface area contributed by atoms with E-state index < -0.39 is 0 Å². The largest absolute Gasteiger partial charge is 0.465 e. The van der Waals surface area contributed by atoms with Crippen molar-refractivity contribution in [3.8, 4) is 0 Å². The van der Waals surface area contributed by atoms with Crippen molar-refractivity contribution >= 4 is 17.7 Å². The fraction of sp³-hybridized carbons (Fsp3) is 0.708. The van der Waals surface area contributed by atoms with E-state index in [1.54, 1.807) is 11.8 Å². The van der Waals surface area contributed by atoms with E-state index in [1.165, 1.54) is 38.5 Å². The highest BCUT2D eigenvalue weighted by Gasteiger charge is 2.18. The summed E-state index contributed by atoms with van der Waals surface area (Å²) >= 11 is 1.72. The second-order valence-electron chi connectivity index (χ2n) is 6.69. The van der Waals surface area contributed by atoms with Crippen LogP contribution < -0.4 is 0 Å². The molecule has 27 heavy (non-hydrogen) atoms. The molecule has 0 amide bonds. The molecule has 0 aliphatic carbocycles. The Hall–Kier alpha value is -0.960. The molecule has 1 unspecified atom stereocenters. The highest BCUT2D eigenvalue weighted by atomic mass is 32.2. The van der Waals surface area contributed by atoms with Crippen molar-refractivity contribution in [1.82, 2.24) is 0 Å². The SMILES string of the molecule is CCC=CCC=CCC=CCCCCCCCCC(SCC)C(=O)OCC. The number of rotatable bonds is 18. The van der Waals surface area contributed by atoms with Crippen LogP contribution in [0.3, 0.4) is 0 Å². The third-order valence-electron chi connectivity index (χ3n) is 4.28. The third-order valence-corrected chi connectivity index (χ3v) is 5.45. The molecular weight excluding hydrogens is 352 g/mol. The van der Waals surface area contributed by atoms with Crippen LogP contribution in [0.15, 0.2) is 36.5 Å². The maximum absolute atomic E-state index is 11.9. The lowest BCUT2D eigenvalue weighted by atomic mass is 10.1. The molecule has 156 valence electrons. The van der Waals surface area contributed by atoms with E-state index in [1.807, 2.05) is 6.92 Å². The topological polar surface area (TPSA) is 26.3 Å². The van der Waals surface area contributed by atoms with Gasteiger partial charge in [0, 0.05) is 0 Å². The van der Waals surface area contributed by atoms with Crippen LogP contribution >= 0.6 is 11.8 Å². The molecule has 0 aliphatic heterocycles. The summed E-state index contributed by atoms with van der Waals surface area (Å²) in [5.41, 5.74) is 0. The number of hydrogen-bond acceptors (Lipinski definition) is 3. The fourth-order valence-electron chi connectivity index (χ4n) is 2.83. The summed E-state index contributed by atoms with van der Waals surface area (Å²) in [6.07, 6.45) is 26.5. The van der Waals surface area contributed by atoms with Gasteiger partial charge >= 0.3 is 5.97 Å². The summed E-state index contributed by atoms with van der Waals surface area (Å²) in [7, 11) is 0. The van der Waals surface area contributed by atoms with Gasteiger partial charge in [-0.1, -0.05) is 82.4 Å². The van der Waals surface area contributed by atoms with Gasteiger partial charge in [-0.2, -0.15) is 0 Å². The Morgan fingerprint density at radius 1 is 0.815 bits per heavy atom. The first kappa shape index (κ1) is 26.0. The Labute approximate surface area is 172 Å². The quantitative estimate of drug-likeness (QED) is 0.136. The molecule has 0 aliphatic rings. The minimum atomic E-state index is -0.0246. The molecule has 3 heteroatoms. The van der Waals surface area contributed by atoms with Crippen molar-refractivity contribution in [2.24, 2.45) is 0 Å². The number of carbonyl (C=O) groups excluding carboxylic acids is 1. The van der Waals surface area contributed by atoms with Crippen molar-refractivity contribution in [2.75, 3.05) is 12.4 Å². The van der Waals surface area contributed by atoms with Crippen LogP contribution in [0, 0.1) is 0 Å². The number of ether oxygens (including phenoxy) is 1. The normalized spacial score (nSPS) is 13.1. The van der Waals surface area contributed by atoms with E-state index in [0.717, 1.165) is 37.9 Å². The molecule has 0 rings (SSSR count). The molecule has 0 radical (unpaired) electrons. The summed E-state index contributed by atoms with van der Waals surface area (Å²) < 4.78 is 5.16. The molecule has 0 saturated carbocycles. The van der Waals surface area contributed by atoms with Crippen LogP contribution in [-0.2, 0) is 9.53 Å². The average Bonchev–Trinajstić information content (AvgIpc) is 2.67. The maximum Gasteiger partial charge on any atom is 0.319 e. The molecule has 0 aromatic rings. The van der Waals surface area contributed by atoms with Gasteiger partial charge in [0.25, 0.3) is 0 Å². The van der Waals surface area contributed by atoms with Gasteiger partial charge < -0.3 is 4.74 Å². The smallest absolute Gasteiger partial charge is 0.319 e. The van der Waals surface area contributed by atoms with E-state index >= 15 is 0 Å². The van der Waals surface area contributed by atoms with Gasteiger partial charge in [0.1, 0.15) is 5.25 Å². The zero-order chi connectivity index (χ0) is 20.0. The number of unbranched alkanes of at least 4 members (excludes halogenated alkanes) is 6. The Morgan fingerprint density at radius 3 is 2.04 bits per heavy atom. The Bertz CT molecular complexity index is 413. The Morgan fingerprint density at radius 2 is 1.41 bits per heavy atom. The van der Waals surface area contributed by atoms with Crippen molar-refractivity contribution in [3.05, 3.63) is 36.5 Å². The highest BCUT2D eigenvalue weighted by Crippen LogP contribution is 2.20. The van der Waals surface area contributed by atoms with E-state index in [9.17, 15) is 4.79 Å². The van der Waals surface area contributed by atoms with Crippen LogP contribution in [0.5, 0.6) is 0 Å². The van der Waals surface area contributed by atoms with Gasteiger partial charge in [0.2, 0.25) is 0 Å². The predicted molar refractivity (Wildman–Crippen MR) is 122 cm³/mol. The van der Waals surface area contributed by atoms with Gasteiger partial charge in [-0.05, 0) is 51.2 Å². The monoisotopic (exact) mass is 394 g/mol. The van der Waals surface area contributed by atoms with E-state index in [2.05, 4.69) is 50.3 Å². The van der Waals surface area contributed by atoms with E-state index in [0.29, 0.717) is 6.61 Å². The minimum Gasteiger partial charge on any atom is -0.465 e. The molecule has 0 fully saturated rings. The number of carbonyl (C=O) groups is 1. The Balaban J connectivity index is 3.51. The molecule has 1 atom stereocenters. The van der Waals surface area contributed by atoms with Gasteiger partial charge in [0.05, 0.1) is 6.61 Å². The summed E-state index contributed by atoms with van der Waals surface area (Å²) in [6, 6.07) is 0. The van der Waals surface area contributed by atoms with Crippen LogP contribution in [0.2, 0.25) is 0 Å². The van der Waals surface area contributed by atoms with Crippen LogP contribution in [0.4, 0.5) is 0 Å². The summed E-state index contributed by atoms with van der Waals surface area (Å²) in [5.74, 6) is 0.950. The summed E-state index contributed by atoms with van der Waals surface area (Å²) in [5, 5.41) is 0.0387. The van der Waals surface area contributed by atoms with Crippen LogP contribution in [-0.4, -0.2) is 23.6 Å². The molecule has 0 aromatic heterocycles. The van der Waals surface area contributed by atoms with Gasteiger partial charge in [-0.3, -0.25) is 4.79 Å².